The molecule has 1 aromatic carbocycles. The van der Waals surface area contributed by atoms with Gasteiger partial charge in [0.25, 0.3) is 0 Å². The summed E-state index contributed by atoms with van der Waals surface area (Å²) in [6.45, 7) is 1.49. The standard InChI is InChI=1S/C12H16N2O3/c13-11(6-17-7-12(14)15)8-1-2-9-4-16-5-10(9)3-8/h1-3,11H,4-7,13H2,(H2,14,15). The summed E-state index contributed by atoms with van der Waals surface area (Å²) in [5.74, 6) is -0.487. The third-order valence-corrected chi connectivity index (χ3v) is 2.72. The molecule has 92 valence electrons. The Morgan fingerprint density at radius 2 is 2.18 bits per heavy atom. The van der Waals surface area contributed by atoms with E-state index in [-0.39, 0.29) is 19.3 Å². The van der Waals surface area contributed by atoms with Gasteiger partial charge in [-0.3, -0.25) is 4.79 Å². The van der Waals surface area contributed by atoms with Crippen molar-refractivity contribution in [1.29, 1.82) is 0 Å². The highest BCUT2D eigenvalue weighted by atomic mass is 16.5. The van der Waals surface area contributed by atoms with Gasteiger partial charge in [0, 0.05) is 0 Å². The van der Waals surface area contributed by atoms with Crippen LogP contribution in [-0.2, 0) is 27.5 Å². The van der Waals surface area contributed by atoms with Gasteiger partial charge < -0.3 is 20.9 Å². The molecule has 2 rings (SSSR count). The van der Waals surface area contributed by atoms with Crippen LogP contribution in [-0.4, -0.2) is 19.1 Å². The molecule has 5 heteroatoms. The van der Waals surface area contributed by atoms with E-state index in [9.17, 15) is 4.79 Å². The molecule has 0 radical (unpaired) electrons. The smallest absolute Gasteiger partial charge is 0.243 e. The Hall–Kier alpha value is -1.43. The molecule has 1 amide bonds. The van der Waals surface area contributed by atoms with Gasteiger partial charge in [-0.05, 0) is 16.7 Å². The van der Waals surface area contributed by atoms with Gasteiger partial charge in [0.05, 0.1) is 25.9 Å². The summed E-state index contributed by atoms with van der Waals surface area (Å²) in [6, 6.07) is 5.76. The van der Waals surface area contributed by atoms with E-state index >= 15 is 0 Å². The molecule has 1 aliphatic rings. The van der Waals surface area contributed by atoms with Crippen LogP contribution in [0.25, 0.3) is 0 Å². The molecule has 0 saturated heterocycles. The number of carbonyl (C=O) groups is 1. The number of rotatable bonds is 5. The van der Waals surface area contributed by atoms with E-state index in [2.05, 4.69) is 0 Å². The number of carbonyl (C=O) groups excluding carboxylic acids is 1. The maximum absolute atomic E-state index is 10.5. The second-order valence-corrected chi connectivity index (χ2v) is 4.11. The molecule has 17 heavy (non-hydrogen) atoms. The first-order valence-electron chi connectivity index (χ1n) is 5.48. The Morgan fingerprint density at radius 3 is 2.94 bits per heavy atom. The maximum Gasteiger partial charge on any atom is 0.243 e. The molecular formula is C12H16N2O3. The van der Waals surface area contributed by atoms with Gasteiger partial charge in [-0.25, -0.2) is 0 Å². The molecule has 0 aliphatic carbocycles. The van der Waals surface area contributed by atoms with Gasteiger partial charge in [-0.1, -0.05) is 18.2 Å². The van der Waals surface area contributed by atoms with Crippen molar-refractivity contribution in [2.24, 2.45) is 11.5 Å². The zero-order valence-corrected chi connectivity index (χ0v) is 9.52. The van der Waals surface area contributed by atoms with Crippen LogP contribution in [0.15, 0.2) is 18.2 Å². The molecule has 1 atom stereocenters. The first-order chi connectivity index (χ1) is 8.16. The van der Waals surface area contributed by atoms with Crippen LogP contribution < -0.4 is 11.5 Å². The lowest BCUT2D eigenvalue weighted by atomic mass is 10.0. The minimum absolute atomic E-state index is 0.0955. The first kappa shape index (κ1) is 12.0. The highest BCUT2D eigenvalue weighted by molar-refractivity contribution is 5.74. The molecule has 1 unspecified atom stereocenters. The molecule has 0 bridgehead atoms. The summed E-state index contributed by atoms with van der Waals surface area (Å²) in [5, 5.41) is 0. The van der Waals surface area contributed by atoms with Crippen LogP contribution in [0.4, 0.5) is 0 Å². The quantitative estimate of drug-likeness (QED) is 0.765. The lowest BCUT2D eigenvalue weighted by Gasteiger charge is -2.13. The Kier molecular flexibility index (Phi) is 3.73. The molecular weight excluding hydrogens is 220 g/mol. The summed E-state index contributed by atoms with van der Waals surface area (Å²) in [4.78, 5) is 10.5. The Morgan fingerprint density at radius 1 is 1.41 bits per heavy atom. The van der Waals surface area contributed by atoms with Crippen LogP contribution in [0, 0.1) is 0 Å². The van der Waals surface area contributed by atoms with Crippen LogP contribution >= 0.6 is 0 Å². The number of amides is 1. The van der Waals surface area contributed by atoms with Crippen molar-refractivity contribution in [3.63, 3.8) is 0 Å². The number of primary amides is 1. The number of benzene rings is 1. The molecule has 0 fully saturated rings. The second-order valence-electron chi connectivity index (χ2n) is 4.11. The Balaban J connectivity index is 1.95. The predicted octanol–water partition coefficient (Wildman–Crippen LogP) is 0.219. The van der Waals surface area contributed by atoms with Crippen molar-refractivity contribution in [2.45, 2.75) is 19.3 Å². The van der Waals surface area contributed by atoms with E-state index in [0.717, 1.165) is 5.56 Å². The van der Waals surface area contributed by atoms with E-state index < -0.39 is 5.91 Å². The molecule has 1 heterocycles. The summed E-state index contributed by atoms with van der Waals surface area (Å²) in [5.41, 5.74) is 14.3. The van der Waals surface area contributed by atoms with Crippen molar-refractivity contribution < 1.29 is 14.3 Å². The summed E-state index contributed by atoms with van der Waals surface area (Å²) >= 11 is 0. The van der Waals surface area contributed by atoms with Gasteiger partial charge in [-0.15, -0.1) is 0 Å². The number of hydrogen-bond acceptors (Lipinski definition) is 4. The van der Waals surface area contributed by atoms with Crippen molar-refractivity contribution in [3.8, 4) is 0 Å². The number of ether oxygens (including phenoxy) is 2. The molecule has 4 N–H and O–H groups in total. The van der Waals surface area contributed by atoms with Gasteiger partial charge >= 0.3 is 0 Å². The van der Waals surface area contributed by atoms with Gasteiger partial charge in [0.1, 0.15) is 6.61 Å². The van der Waals surface area contributed by atoms with Gasteiger partial charge in [0.2, 0.25) is 5.91 Å². The third-order valence-electron chi connectivity index (χ3n) is 2.72. The van der Waals surface area contributed by atoms with E-state index in [4.69, 9.17) is 20.9 Å². The third kappa shape index (κ3) is 3.03. The monoisotopic (exact) mass is 236 g/mol. The Bertz CT molecular complexity index is 420. The fourth-order valence-electron chi connectivity index (χ4n) is 1.81. The number of hydrogen-bond donors (Lipinski definition) is 2. The summed E-state index contributed by atoms with van der Waals surface area (Å²) < 4.78 is 10.4. The highest BCUT2D eigenvalue weighted by Crippen LogP contribution is 2.23. The summed E-state index contributed by atoms with van der Waals surface area (Å²) in [7, 11) is 0. The average Bonchev–Trinajstić information content (AvgIpc) is 2.75. The van der Waals surface area contributed by atoms with Gasteiger partial charge in [-0.2, -0.15) is 0 Å². The summed E-state index contributed by atoms with van der Waals surface area (Å²) in [6.07, 6.45) is 0. The molecule has 1 aliphatic heterocycles. The SMILES string of the molecule is NC(=O)COCC(N)c1ccc2c(c1)COC2. The zero-order valence-electron chi connectivity index (χ0n) is 9.52. The average molecular weight is 236 g/mol. The fourth-order valence-corrected chi connectivity index (χ4v) is 1.81. The molecule has 5 nitrogen and oxygen atoms in total. The largest absolute Gasteiger partial charge is 0.372 e. The number of nitrogens with two attached hydrogens (primary N) is 2. The van der Waals surface area contributed by atoms with Crippen molar-refractivity contribution in [3.05, 3.63) is 34.9 Å². The van der Waals surface area contributed by atoms with Gasteiger partial charge in [0.15, 0.2) is 0 Å². The van der Waals surface area contributed by atoms with Crippen molar-refractivity contribution in [2.75, 3.05) is 13.2 Å². The molecule has 0 aromatic heterocycles. The van der Waals surface area contributed by atoms with Crippen LogP contribution in [0.1, 0.15) is 22.7 Å². The van der Waals surface area contributed by atoms with Crippen LogP contribution in [0.3, 0.4) is 0 Å². The minimum Gasteiger partial charge on any atom is -0.372 e. The van der Waals surface area contributed by atoms with Crippen LogP contribution in [0.5, 0.6) is 0 Å². The lowest BCUT2D eigenvalue weighted by Crippen LogP contribution is -2.23. The van der Waals surface area contributed by atoms with E-state index in [0.29, 0.717) is 13.2 Å². The zero-order chi connectivity index (χ0) is 12.3. The minimum atomic E-state index is -0.487. The van der Waals surface area contributed by atoms with E-state index in [1.165, 1.54) is 11.1 Å². The fraction of sp³-hybridized carbons (Fsp3) is 0.417. The second kappa shape index (κ2) is 5.27. The van der Waals surface area contributed by atoms with E-state index in [1.807, 2.05) is 18.2 Å². The first-order valence-corrected chi connectivity index (χ1v) is 5.48. The molecule has 0 spiro atoms. The van der Waals surface area contributed by atoms with E-state index in [1.54, 1.807) is 0 Å². The van der Waals surface area contributed by atoms with Crippen LogP contribution in [0.2, 0.25) is 0 Å². The normalized spacial score (nSPS) is 15.6. The lowest BCUT2D eigenvalue weighted by molar-refractivity contribution is -0.122. The highest BCUT2D eigenvalue weighted by Gasteiger charge is 2.14. The topological polar surface area (TPSA) is 87.6 Å². The Labute approximate surface area is 99.7 Å². The predicted molar refractivity (Wildman–Crippen MR) is 61.9 cm³/mol. The van der Waals surface area contributed by atoms with Crippen molar-refractivity contribution >= 4 is 5.91 Å². The van der Waals surface area contributed by atoms with Crippen molar-refractivity contribution in [1.82, 2.24) is 0 Å². The number of fused-ring (bicyclic) bond motifs is 1. The maximum atomic E-state index is 10.5. The molecule has 1 aromatic rings. The molecule has 0 saturated carbocycles.